The number of amides is 8. The number of β-amino-alcohol motifs (C(OH)–C–C–N with tert-alkyl or cyclic N) is 1. The Bertz CT molecular complexity index is 3330. The van der Waals surface area contributed by atoms with E-state index in [1.54, 1.807) is 19.2 Å². The number of methoxy groups -OCH3 is 1. The summed E-state index contributed by atoms with van der Waals surface area (Å²) >= 11 is 1.29. The first-order valence-corrected chi connectivity index (χ1v) is 34.1. The minimum atomic E-state index is -2.19. The molecular formula is C64H89N12NaO21S2. The third kappa shape index (κ3) is 23.4. The number of hydrogen-bond donors (Lipinski definition) is 15. The molecule has 1 aromatic heterocycles. The molecule has 8 amide bonds. The molecule has 36 heteroatoms. The summed E-state index contributed by atoms with van der Waals surface area (Å²) in [6.45, 7) is 2.25. The number of rotatable bonds is 30. The Labute approximate surface area is 607 Å². The Hall–Kier alpha value is -6.75. The van der Waals surface area contributed by atoms with Crippen molar-refractivity contribution in [3.05, 3.63) is 77.9 Å². The van der Waals surface area contributed by atoms with Crippen LogP contribution in [0, 0.1) is 5.92 Å². The van der Waals surface area contributed by atoms with Gasteiger partial charge in [0.1, 0.15) is 52.0 Å². The number of phenols is 1. The molecule has 0 radical (unpaired) electrons. The number of aromatic hydroxyl groups is 1. The number of aliphatic hydroxyl groups is 6. The summed E-state index contributed by atoms with van der Waals surface area (Å²) in [6.07, 6.45) is -6.39. The maximum absolute atomic E-state index is 15.1. The number of aromatic nitrogens is 2. The van der Waals surface area contributed by atoms with E-state index < -0.39 is 177 Å². The average Bonchev–Trinajstić information content (AvgIpc) is 1.62. The molecule has 100 heavy (non-hydrogen) atoms. The van der Waals surface area contributed by atoms with Crippen molar-refractivity contribution in [1.29, 1.82) is 0 Å². The van der Waals surface area contributed by atoms with Crippen molar-refractivity contribution in [2.45, 2.75) is 170 Å². The SMILES string of the molecule is COCCCCCCCOc1ccc(-c2nnc(-c3ccc(C(=O)N[C@H]4C[C@H](O)CNC(=O)[C@@H]5[C@@H](O)[C@H](C)CN5C(=O)[C@H]([C@H](O)CCNC(=O)[C@@H](N)CCCCN)NC(=O)[C@H]([C@H](O)Cc5ccc(O)c(OSOO[O-])c5)NC(=O)[C@@H]5C[C@H](O)CN5C(=O)[C@H]([C@H](C)O)NC4=O)cc3)s2)cc1.[Na+]. The van der Waals surface area contributed by atoms with Gasteiger partial charge in [-0.2, -0.15) is 0 Å². The Kier molecular flexibility index (Phi) is 33.5. The molecule has 17 N–H and O–H groups in total. The van der Waals surface area contributed by atoms with Gasteiger partial charge in [0.2, 0.25) is 41.4 Å². The average molecular weight is 1450 g/mol. The topological polar surface area (TPSA) is 504 Å². The molecule has 0 bridgehead atoms. The zero-order valence-corrected chi connectivity index (χ0v) is 59.6. The van der Waals surface area contributed by atoms with E-state index in [2.05, 4.69) is 51.5 Å². The number of aliphatic hydroxyl groups excluding tert-OH is 6. The summed E-state index contributed by atoms with van der Waals surface area (Å²) in [6, 6.07) is 4.44. The molecule has 0 spiro atoms. The van der Waals surface area contributed by atoms with Gasteiger partial charge in [0.25, 0.3) is 18.2 Å². The molecule has 7 rings (SSSR count). The number of ether oxygens (including phenoxy) is 2. The molecule has 0 saturated carbocycles. The van der Waals surface area contributed by atoms with Gasteiger partial charge in [0.15, 0.2) is 11.5 Å². The molecule has 3 aliphatic heterocycles. The van der Waals surface area contributed by atoms with Crippen molar-refractivity contribution in [2.75, 3.05) is 53.0 Å². The number of carbonyl (C=O) groups is 8. The Morgan fingerprint density at radius 3 is 2.06 bits per heavy atom. The molecule has 4 aromatic rings. The molecule has 3 aliphatic rings. The van der Waals surface area contributed by atoms with Gasteiger partial charge in [-0.1, -0.05) is 62.1 Å². The summed E-state index contributed by atoms with van der Waals surface area (Å²) in [7, 11) is 1.69. The van der Waals surface area contributed by atoms with Gasteiger partial charge in [-0.15, -0.1) is 14.5 Å². The minimum Gasteiger partial charge on any atom is -0.691 e. The summed E-state index contributed by atoms with van der Waals surface area (Å²) in [5, 5.41) is 118. The van der Waals surface area contributed by atoms with Crippen LogP contribution in [0.2, 0.25) is 0 Å². The largest absolute Gasteiger partial charge is 1.00 e. The fourth-order valence-electron chi connectivity index (χ4n) is 11.6. The van der Waals surface area contributed by atoms with Crippen LogP contribution in [0.25, 0.3) is 21.1 Å². The van der Waals surface area contributed by atoms with Crippen molar-refractivity contribution < 1.29 is 132 Å². The molecule has 3 aromatic carbocycles. The molecule has 3 fully saturated rings. The maximum Gasteiger partial charge on any atom is 1.00 e. The molecule has 14 atom stereocenters. The number of phenolic OH excluding ortho intramolecular Hbond substituents is 1. The number of carbonyl (C=O) groups excluding carboxylic acids is 8. The summed E-state index contributed by atoms with van der Waals surface area (Å²) < 4.78 is 20.3. The van der Waals surface area contributed by atoms with Crippen molar-refractivity contribution in [3.8, 4) is 38.4 Å². The second-order valence-corrected chi connectivity index (χ2v) is 26.1. The van der Waals surface area contributed by atoms with E-state index in [0.717, 1.165) is 73.1 Å². The molecule has 544 valence electrons. The molecule has 0 aliphatic carbocycles. The van der Waals surface area contributed by atoms with Crippen LogP contribution in [0.3, 0.4) is 0 Å². The zero-order chi connectivity index (χ0) is 71.9. The summed E-state index contributed by atoms with van der Waals surface area (Å²) in [5.41, 5.74) is 13.1. The Morgan fingerprint density at radius 1 is 0.760 bits per heavy atom. The van der Waals surface area contributed by atoms with Gasteiger partial charge in [0.05, 0.1) is 49.3 Å². The second-order valence-electron chi connectivity index (χ2n) is 24.7. The van der Waals surface area contributed by atoms with Crippen molar-refractivity contribution >= 4 is 70.9 Å². The smallest absolute Gasteiger partial charge is 0.691 e. The number of unbranched alkanes of at least 4 members (excludes halogenated alkanes) is 5. The first-order chi connectivity index (χ1) is 47.4. The van der Waals surface area contributed by atoms with Crippen LogP contribution in [0.4, 0.5) is 0 Å². The number of nitrogens with one attached hydrogen (secondary N) is 6. The van der Waals surface area contributed by atoms with E-state index in [1.165, 1.54) is 36.5 Å². The predicted octanol–water partition coefficient (Wildman–Crippen LogP) is -5.37. The van der Waals surface area contributed by atoms with Gasteiger partial charge < -0.3 is 108 Å². The van der Waals surface area contributed by atoms with E-state index >= 15 is 4.79 Å². The van der Waals surface area contributed by atoms with Crippen LogP contribution in [-0.4, -0.2) is 235 Å². The normalized spacial score (nSPS) is 23.8. The van der Waals surface area contributed by atoms with Crippen LogP contribution in [-0.2, 0) is 54.1 Å². The number of hydrogen-bond acceptors (Lipinski definition) is 27. The van der Waals surface area contributed by atoms with Crippen molar-refractivity contribution in [2.24, 2.45) is 17.4 Å². The van der Waals surface area contributed by atoms with E-state index in [1.807, 2.05) is 24.3 Å². The zero-order valence-electron chi connectivity index (χ0n) is 56.0. The number of fused-ring (bicyclic) bond motifs is 2. The minimum absolute atomic E-state index is 0. The van der Waals surface area contributed by atoms with E-state index in [4.69, 9.17) is 25.1 Å². The monoisotopic (exact) mass is 1450 g/mol. The Morgan fingerprint density at radius 2 is 1.40 bits per heavy atom. The fraction of sp³-hybridized carbons (Fsp3) is 0.562. The van der Waals surface area contributed by atoms with Crippen molar-refractivity contribution in [3.63, 3.8) is 0 Å². The molecular weight excluding hydrogens is 1360 g/mol. The standard InChI is InChI=1S/C64H90N12O21S2.Na/c1-34-32-76-53(54(34)83)60(89)68-31-40(78)29-44(69-55(84)37-13-15-38(16-14-37)61-73-74-62(98-61)39-17-19-42(20-18-39)94-26-10-6-4-5-9-25-93-3)57(86)70-50(35(2)77)63(90)75-33-41(79)30-45(75)58(87)71-51(48(82)27-36-12-21-46(80)49(28-36)95-99-97-96-92)59(88)72-52(64(76)91)47(81)22-24-67-56(85)43(66)11-7-8-23-65;/h12-21,28,34-35,40-41,43-45,47-48,50-54,77-83,92H,4-11,22-27,29-33,65-66H2,1-3H3,(H,67,85)(H,68,89)(H,69,84)(H,70,86)(H,71,87)(H,72,88);/q;+1/p-1/t34-,35+,40+,41+,43+,44+,45+,47-,48-,50+,51+,52+,53+,54+;/m1./s1. The third-order valence-corrected chi connectivity index (χ3v) is 18.5. The van der Waals surface area contributed by atoms with Crippen LogP contribution in [0.5, 0.6) is 17.2 Å². The number of nitrogens with zero attached hydrogens (tertiary/aromatic N) is 4. The van der Waals surface area contributed by atoms with E-state index in [9.17, 15) is 74.6 Å². The van der Waals surface area contributed by atoms with Gasteiger partial charge in [-0.25, -0.2) is 0 Å². The van der Waals surface area contributed by atoms with Crippen molar-refractivity contribution in [1.82, 2.24) is 51.9 Å². The quantitative estimate of drug-likeness (QED) is 0.00762. The van der Waals surface area contributed by atoms with Gasteiger partial charge in [0, 0.05) is 81.8 Å². The van der Waals surface area contributed by atoms with Crippen LogP contribution in [0.1, 0.15) is 100 Å². The Balaban J connectivity index is 0.0000157. The molecule has 3 saturated heterocycles. The number of benzene rings is 3. The van der Waals surface area contributed by atoms with Gasteiger partial charge in [-0.05, 0) is 99.7 Å². The van der Waals surface area contributed by atoms with Gasteiger partial charge in [-0.3, -0.25) is 43.4 Å². The molecule has 33 nitrogen and oxygen atoms in total. The van der Waals surface area contributed by atoms with Crippen LogP contribution in [0.15, 0.2) is 66.7 Å². The predicted molar refractivity (Wildman–Crippen MR) is 353 cm³/mol. The van der Waals surface area contributed by atoms with E-state index in [0.29, 0.717) is 47.3 Å². The van der Waals surface area contributed by atoms with Crippen LogP contribution >= 0.6 is 23.7 Å². The fourth-order valence-corrected chi connectivity index (χ4v) is 12.7. The number of nitrogens with two attached hydrogens (primary N) is 2. The van der Waals surface area contributed by atoms with Crippen LogP contribution < -0.4 is 87.1 Å². The second kappa shape index (κ2) is 40.8. The first kappa shape index (κ1) is 82.2. The van der Waals surface area contributed by atoms with E-state index in [-0.39, 0.29) is 78.3 Å². The molecule has 0 unspecified atom stereocenters. The summed E-state index contributed by atoms with van der Waals surface area (Å²) in [4.78, 5) is 117. The first-order valence-electron chi connectivity index (χ1n) is 32.6. The third-order valence-electron chi connectivity index (χ3n) is 17.1. The molecule has 4 heterocycles. The summed E-state index contributed by atoms with van der Waals surface area (Å²) in [5.74, 6) is -9.73. The maximum atomic E-state index is 15.1. The van der Waals surface area contributed by atoms with Gasteiger partial charge >= 0.3 is 29.6 Å².